The molecule has 0 aromatic heterocycles. The van der Waals surface area contributed by atoms with Crippen molar-refractivity contribution in [2.75, 3.05) is 0 Å². The summed E-state index contributed by atoms with van der Waals surface area (Å²) in [4.78, 5) is 35.5. The van der Waals surface area contributed by atoms with Gasteiger partial charge < -0.3 is 5.11 Å². The van der Waals surface area contributed by atoms with E-state index < -0.39 is 16.9 Å². The first-order valence-electron chi connectivity index (χ1n) is 7.58. The van der Waals surface area contributed by atoms with Crippen LogP contribution in [0.2, 0.25) is 0 Å². The summed E-state index contributed by atoms with van der Waals surface area (Å²) in [7, 11) is 0. The van der Waals surface area contributed by atoms with Crippen LogP contribution < -0.4 is 0 Å². The highest BCUT2D eigenvalue weighted by Gasteiger charge is 2.44. The van der Waals surface area contributed by atoms with Crippen LogP contribution >= 0.6 is 0 Å². The standard InChI is InChI=1S/C17H16N2O5/c1-10-9-13(11-5-7-12(8-6-11)19(23)24)16-14(18(10)17(21)22)3-2-4-15(16)20/h2-8,10,13,16H,9H2,1H3,(H,21,22). The first kappa shape index (κ1) is 15.9. The summed E-state index contributed by atoms with van der Waals surface area (Å²) in [5.41, 5.74) is 1.26. The molecule has 7 heteroatoms. The summed E-state index contributed by atoms with van der Waals surface area (Å²) < 4.78 is 0. The minimum absolute atomic E-state index is 0.0135. The molecule has 0 bridgehead atoms. The number of carbonyl (C=O) groups is 2. The number of nitro groups is 1. The number of amides is 1. The molecule has 1 N–H and O–H groups in total. The van der Waals surface area contributed by atoms with E-state index in [2.05, 4.69) is 0 Å². The topological polar surface area (TPSA) is 101 Å². The molecule has 1 aliphatic heterocycles. The predicted octanol–water partition coefficient (Wildman–Crippen LogP) is 3.09. The smallest absolute Gasteiger partial charge is 0.411 e. The average molecular weight is 328 g/mol. The number of likely N-dealkylation sites (tertiary alicyclic amines) is 1. The third kappa shape index (κ3) is 2.58. The molecule has 1 aromatic carbocycles. The van der Waals surface area contributed by atoms with E-state index in [1.165, 1.54) is 23.1 Å². The normalized spacial score (nSPS) is 25.9. The molecule has 0 radical (unpaired) electrons. The minimum atomic E-state index is -1.08. The summed E-state index contributed by atoms with van der Waals surface area (Å²) in [6, 6.07) is 5.83. The quantitative estimate of drug-likeness (QED) is 0.664. The van der Waals surface area contributed by atoms with Gasteiger partial charge in [-0.15, -0.1) is 0 Å². The largest absolute Gasteiger partial charge is 0.465 e. The number of allylic oxidation sites excluding steroid dienone is 4. The Balaban J connectivity index is 2.01. The van der Waals surface area contributed by atoms with Gasteiger partial charge >= 0.3 is 6.09 Å². The summed E-state index contributed by atoms with van der Waals surface area (Å²) >= 11 is 0. The van der Waals surface area contributed by atoms with Crippen LogP contribution in [-0.2, 0) is 4.79 Å². The van der Waals surface area contributed by atoms with Crippen molar-refractivity contribution in [3.63, 3.8) is 0 Å². The van der Waals surface area contributed by atoms with Crippen LogP contribution in [0.1, 0.15) is 24.8 Å². The molecule has 124 valence electrons. The van der Waals surface area contributed by atoms with E-state index in [9.17, 15) is 24.8 Å². The van der Waals surface area contributed by atoms with Crippen molar-refractivity contribution >= 4 is 17.6 Å². The predicted molar refractivity (Wildman–Crippen MR) is 85.5 cm³/mol. The van der Waals surface area contributed by atoms with Crippen LogP contribution in [-0.4, -0.2) is 32.8 Å². The lowest BCUT2D eigenvalue weighted by molar-refractivity contribution is -0.384. The Hall–Kier alpha value is -2.96. The third-order valence-corrected chi connectivity index (χ3v) is 4.61. The number of hydrogen-bond donors (Lipinski definition) is 1. The molecule has 0 spiro atoms. The molecule has 3 atom stereocenters. The number of piperidine rings is 1. The molecular weight excluding hydrogens is 312 g/mol. The Bertz CT molecular complexity index is 766. The van der Waals surface area contributed by atoms with E-state index in [0.29, 0.717) is 12.1 Å². The Morgan fingerprint density at radius 1 is 1.33 bits per heavy atom. The molecule has 2 aliphatic rings. The van der Waals surface area contributed by atoms with Gasteiger partial charge in [0.05, 0.1) is 10.8 Å². The summed E-state index contributed by atoms with van der Waals surface area (Å²) in [5, 5.41) is 20.3. The Labute approximate surface area is 138 Å². The number of carbonyl (C=O) groups excluding carboxylic acids is 1. The van der Waals surface area contributed by atoms with Gasteiger partial charge in [0.1, 0.15) is 0 Å². The van der Waals surface area contributed by atoms with E-state index in [0.717, 1.165) is 5.56 Å². The summed E-state index contributed by atoms with van der Waals surface area (Å²) in [6.45, 7) is 1.80. The van der Waals surface area contributed by atoms with Crippen molar-refractivity contribution in [1.82, 2.24) is 4.90 Å². The lowest BCUT2D eigenvalue weighted by Crippen LogP contribution is -2.48. The highest BCUT2D eigenvalue weighted by atomic mass is 16.6. The van der Waals surface area contributed by atoms with Gasteiger partial charge in [-0.2, -0.15) is 0 Å². The lowest BCUT2D eigenvalue weighted by Gasteiger charge is -2.43. The highest BCUT2D eigenvalue weighted by Crippen LogP contribution is 2.44. The Morgan fingerprint density at radius 3 is 2.58 bits per heavy atom. The third-order valence-electron chi connectivity index (χ3n) is 4.61. The number of nitrogens with zero attached hydrogens (tertiary/aromatic N) is 2. The fourth-order valence-corrected chi connectivity index (χ4v) is 3.56. The number of benzene rings is 1. The molecule has 1 saturated heterocycles. The fraction of sp³-hybridized carbons (Fsp3) is 0.294. The van der Waals surface area contributed by atoms with E-state index in [1.807, 2.05) is 0 Å². The van der Waals surface area contributed by atoms with Crippen molar-refractivity contribution in [2.24, 2.45) is 5.92 Å². The van der Waals surface area contributed by atoms with Gasteiger partial charge in [0.15, 0.2) is 5.78 Å². The SMILES string of the molecule is CC1CC(c2ccc([N+](=O)[O-])cc2)C2C(=O)C=CC=C2N1C(=O)O. The Morgan fingerprint density at radius 2 is 2.00 bits per heavy atom. The van der Waals surface area contributed by atoms with E-state index in [1.54, 1.807) is 31.2 Å². The van der Waals surface area contributed by atoms with Gasteiger partial charge in [-0.25, -0.2) is 4.79 Å². The fourth-order valence-electron chi connectivity index (χ4n) is 3.56. The van der Waals surface area contributed by atoms with Crippen LogP contribution in [0, 0.1) is 16.0 Å². The molecule has 3 unspecified atom stereocenters. The molecule has 7 nitrogen and oxygen atoms in total. The maximum Gasteiger partial charge on any atom is 0.411 e. The maximum atomic E-state index is 12.4. The van der Waals surface area contributed by atoms with Crippen molar-refractivity contribution in [3.05, 3.63) is 63.9 Å². The van der Waals surface area contributed by atoms with Gasteiger partial charge in [-0.05, 0) is 31.1 Å². The van der Waals surface area contributed by atoms with Crippen molar-refractivity contribution < 1.29 is 19.6 Å². The number of non-ortho nitro benzene ring substituents is 1. The van der Waals surface area contributed by atoms with E-state index >= 15 is 0 Å². The number of rotatable bonds is 2. The zero-order chi connectivity index (χ0) is 17.4. The second-order valence-electron chi connectivity index (χ2n) is 6.02. The van der Waals surface area contributed by atoms with Crippen LogP contribution in [0.3, 0.4) is 0 Å². The van der Waals surface area contributed by atoms with Gasteiger partial charge in [0.2, 0.25) is 0 Å². The number of hydrogen-bond acceptors (Lipinski definition) is 4. The van der Waals surface area contributed by atoms with Crippen LogP contribution in [0.4, 0.5) is 10.5 Å². The van der Waals surface area contributed by atoms with E-state index in [-0.39, 0.29) is 23.4 Å². The van der Waals surface area contributed by atoms with Crippen molar-refractivity contribution in [2.45, 2.75) is 25.3 Å². The highest BCUT2D eigenvalue weighted by molar-refractivity contribution is 5.97. The lowest BCUT2D eigenvalue weighted by atomic mass is 9.72. The second kappa shape index (κ2) is 5.92. The van der Waals surface area contributed by atoms with Crippen LogP contribution in [0.15, 0.2) is 48.2 Å². The molecule has 3 rings (SSSR count). The molecule has 1 aromatic rings. The molecule has 1 fully saturated rings. The monoisotopic (exact) mass is 328 g/mol. The second-order valence-corrected chi connectivity index (χ2v) is 6.02. The van der Waals surface area contributed by atoms with Gasteiger partial charge in [0.25, 0.3) is 5.69 Å². The van der Waals surface area contributed by atoms with Gasteiger partial charge in [-0.3, -0.25) is 19.8 Å². The molecule has 1 amide bonds. The molecule has 24 heavy (non-hydrogen) atoms. The minimum Gasteiger partial charge on any atom is -0.465 e. The maximum absolute atomic E-state index is 12.4. The first-order valence-corrected chi connectivity index (χ1v) is 7.58. The first-order chi connectivity index (χ1) is 11.4. The molecule has 0 saturated carbocycles. The van der Waals surface area contributed by atoms with Crippen molar-refractivity contribution in [1.29, 1.82) is 0 Å². The zero-order valence-corrected chi connectivity index (χ0v) is 13.0. The summed E-state index contributed by atoms with van der Waals surface area (Å²) in [5.74, 6) is -0.933. The van der Waals surface area contributed by atoms with Crippen molar-refractivity contribution in [3.8, 4) is 0 Å². The molecule has 1 aliphatic carbocycles. The zero-order valence-electron chi connectivity index (χ0n) is 13.0. The molecule has 1 heterocycles. The summed E-state index contributed by atoms with van der Waals surface area (Å²) in [6.07, 6.45) is 4.07. The number of fused-ring (bicyclic) bond motifs is 1. The van der Waals surface area contributed by atoms with Crippen LogP contribution in [0.5, 0.6) is 0 Å². The van der Waals surface area contributed by atoms with Crippen LogP contribution in [0.25, 0.3) is 0 Å². The van der Waals surface area contributed by atoms with E-state index in [4.69, 9.17) is 0 Å². The average Bonchev–Trinajstić information content (AvgIpc) is 2.53. The number of nitro benzene ring substituents is 1. The van der Waals surface area contributed by atoms with Gasteiger partial charge in [0, 0.05) is 29.8 Å². The molecular formula is C17H16N2O5. The number of carboxylic acid groups (broad SMARTS) is 1. The number of ketones is 1. The van der Waals surface area contributed by atoms with Gasteiger partial charge in [-0.1, -0.05) is 18.2 Å². The Kier molecular flexibility index (Phi) is 3.92.